The van der Waals surface area contributed by atoms with Crippen molar-refractivity contribution in [3.63, 3.8) is 0 Å². The van der Waals surface area contributed by atoms with Gasteiger partial charge in [-0.15, -0.1) is 11.8 Å². The summed E-state index contributed by atoms with van der Waals surface area (Å²) in [6, 6.07) is 16.1. The second-order valence-electron chi connectivity index (χ2n) is 4.03. The molecule has 0 saturated carbocycles. The first-order valence-electron chi connectivity index (χ1n) is 5.95. The van der Waals surface area contributed by atoms with Crippen LogP contribution in [0, 0.1) is 0 Å². The summed E-state index contributed by atoms with van der Waals surface area (Å²) in [4.78, 5) is 6.35. The van der Waals surface area contributed by atoms with E-state index in [9.17, 15) is 0 Å². The summed E-state index contributed by atoms with van der Waals surface area (Å²) in [6.45, 7) is 0. The second kappa shape index (κ2) is 6.85. The minimum absolute atomic E-state index is 0.796. The summed E-state index contributed by atoms with van der Waals surface area (Å²) in [5, 5.41) is 2.56. The Kier molecular flexibility index (Phi) is 5.14. The van der Waals surface area contributed by atoms with Gasteiger partial charge in [-0.3, -0.25) is 9.90 Å². The molecule has 2 aromatic rings. The lowest BCUT2D eigenvalue weighted by molar-refractivity contribution is 0.184. The Morgan fingerprint density at radius 2 is 1.79 bits per heavy atom. The van der Waals surface area contributed by atoms with E-state index in [4.69, 9.17) is 16.4 Å². The topological polar surface area (TPSA) is 12.5 Å². The summed E-state index contributed by atoms with van der Waals surface area (Å²) in [6.07, 6.45) is 0. The smallest absolute Gasteiger partial charge is 0.0673 e. The molecule has 0 aliphatic rings. The standard InChI is InChI=1S/C15H16ClNOS/c1-17(18-2)14-9-5-3-7-12(14)11-19-15-10-6-4-8-13(15)16/h3-10H,11H2,1-2H3. The van der Waals surface area contributed by atoms with Crippen molar-refractivity contribution in [1.29, 1.82) is 0 Å². The van der Waals surface area contributed by atoms with Crippen molar-refractivity contribution in [2.75, 3.05) is 19.2 Å². The number of hydrogen-bond donors (Lipinski definition) is 0. The van der Waals surface area contributed by atoms with Crippen LogP contribution in [-0.4, -0.2) is 14.2 Å². The van der Waals surface area contributed by atoms with Crippen LogP contribution in [0.4, 0.5) is 5.69 Å². The number of para-hydroxylation sites is 1. The number of nitrogens with zero attached hydrogens (tertiary/aromatic N) is 1. The van der Waals surface area contributed by atoms with Crippen molar-refractivity contribution in [2.24, 2.45) is 0 Å². The third-order valence-corrected chi connectivity index (χ3v) is 4.39. The van der Waals surface area contributed by atoms with Gasteiger partial charge >= 0.3 is 0 Å². The molecule has 0 unspecified atom stereocenters. The Bertz CT molecular complexity index is 547. The highest BCUT2D eigenvalue weighted by Gasteiger charge is 2.07. The summed E-state index contributed by atoms with van der Waals surface area (Å²) >= 11 is 7.89. The van der Waals surface area contributed by atoms with E-state index in [-0.39, 0.29) is 0 Å². The van der Waals surface area contributed by atoms with E-state index in [1.165, 1.54) is 5.56 Å². The van der Waals surface area contributed by atoms with E-state index < -0.39 is 0 Å². The molecule has 0 heterocycles. The van der Waals surface area contributed by atoms with Crippen molar-refractivity contribution in [1.82, 2.24) is 0 Å². The number of benzene rings is 2. The number of thioether (sulfide) groups is 1. The molecule has 100 valence electrons. The van der Waals surface area contributed by atoms with Gasteiger partial charge in [-0.2, -0.15) is 0 Å². The van der Waals surface area contributed by atoms with Crippen LogP contribution < -0.4 is 5.06 Å². The first-order valence-corrected chi connectivity index (χ1v) is 7.32. The quantitative estimate of drug-likeness (QED) is 0.589. The Morgan fingerprint density at radius 1 is 1.11 bits per heavy atom. The van der Waals surface area contributed by atoms with Crippen LogP contribution in [0.25, 0.3) is 0 Å². The molecule has 2 nitrogen and oxygen atoms in total. The predicted octanol–water partition coefficient (Wildman–Crippen LogP) is 4.63. The molecule has 2 rings (SSSR count). The van der Waals surface area contributed by atoms with Crippen LogP contribution in [0.3, 0.4) is 0 Å². The SMILES string of the molecule is CON(C)c1ccccc1CSc1ccccc1Cl. The molecule has 0 aromatic heterocycles. The summed E-state index contributed by atoms with van der Waals surface area (Å²) < 4.78 is 0. The lowest BCUT2D eigenvalue weighted by Gasteiger charge is -2.19. The van der Waals surface area contributed by atoms with Crippen molar-refractivity contribution >= 4 is 29.1 Å². The van der Waals surface area contributed by atoms with Gasteiger partial charge in [0.15, 0.2) is 0 Å². The van der Waals surface area contributed by atoms with E-state index in [0.717, 1.165) is 21.4 Å². The Hall–Kier alpha value is -1.16. The maximum absolute atomic E-state index is 6.16. The Balaban J connectivity index is 2.14. The molecule has 0 fully saturated rings. The van der Waals surface area contributed by atoms with Crippen LogP contribution in [0.1, 0.15) is 5.56 Å². The van der Waals surface area contributed by atoms with E-state index in [0.29, 0.717) is 0 Å². The van der Waals surface area contributed by atoms with Gasteiger partial charge in [-0.25, -0.2) is 0 Å². The molecule has 0 saturated heterocycles. The van der Waals surface area contributed by atoms with Gasteiger partial charge in [-0.1, -0.05) is 41.9 Å². The van der Waals surface area contributed by atoms with Crippen LogP contribution in [0.2, 0.25) is 5.02 Å². The van der Waals surface area contributed by atoms with Crippen LogP contribution in [0.5, 0.6) is 0 Å². The Morgan fingerprint density at radius 3 is 2.53 bits per heavy atom. The van der Waals surface area contributed by atoms with Gasteiger partial charge < -0.3 is 0 Å². The highest BCUT2D eigenvalue weighted by Crippen LogP contribution is 2.32. The monoisotopic (exact) mass is 293 g/mol. The molecule has 0 N–H and O–H groups in total. The molecular formula is C15H16ClNOS. The van der Waals surface area contributed by atoms with Crippen LogP contribution >= 0.6 is 23.4 Å². The van der Waals surface area contributed by atoms with E-state index in [1.807, 2.05) is 49.5 Å². The van der Waals surface area contributed by atoms with E-state index in [1.54, 1.807) is 23.9 Å². The minimum Gasteiger partial charge on any atom is -0.277 e. The van der Waals surface area contributed by atoms with Crippen molar-refractivity contribution in [3.05, 3.63) is 59.1 Å². The first kappa shape index (κ1) is 14.3. The highest BCUT2D eigenvalue weighted by atomic mass is 35.5. The maximum atomic E-state index is 6.16. The van der Waals surface area contributed by atoms with Crippen LogP contribution in [-0.2, 0) is 10.6 Å². The van der Waals surface area contributed by atoms with Crippen molar-refractivity contribution < 1.29 is 4.84 Å². The summed E-state index contributed by atoms with van der Waals surface area (Å²) in [5.74, 6) is 0.855. The lowest BCUT2D eigenvalue weighted by atomic mass is 10.2. The molecule has 0 spiro atoms. The van der Waals surface area contributed by atoms with Gasteiger partial charge in [0.25, 0.3) is 0 Å². The zero-order valence-corrected chi connectivity index (χ0v) is 12.5. The molecule has 4 heteroatoms. The fraction of sp³-hybridized carbons (Fsp3) is 0.200. The lowest BCUT2D eigenvalue weighted by Crippen LogP contribution is -2.16. The van der Waals surface area contributed by atoms with Crippen LogP contribution in [0.15, 0.2) is 53.4 Å². The highest BCUT2D eigenvalue weighted by molar-refractivity contribution is 7.98. The van der Waals surface area contributed by atoms with Gasteiger partial charge in [0.2, 0.25) is 0 Å². The third-order valence-electron chi connectivity index (χ3n) is 2.82. The molecule has 0 aliphatic heterocycles. The average Bonchev–Trinajstić information content (AvgIpc) is 2.46. The summed E-state index contributed by atoms with van der Waals surface area (Å²) in [7, 11) is 3.57. The zero-order valence-electron chi connectivity index (χ0n) is 11.0. The van der Waals surface area contributed by atoms with Crippen molar-refractivity contribution in [3.8, 4) is 0 Å². The second-order valence-corrected chi connectivity index (χ2v) is 5.45. The first-order chi connectivity index (χ1) is 9.22. The molecule has 2 aromatic carbocycles. The number of halogens is 1. The average molecular weight is 294 g/mol. The Labute approximate surface area is 123 Å². The van der Waals surface area contributed by atoms with Gasteiger partial charge in [0.05, 0.1) is 17.8 Å². The van der Waals surface area contributed by atoms with Gasteiger partial charge in [-0.05, 0) is 23.8 Å². The van der Waals surface area contributed by atoms with E-state index in [2.05, 4.69) is 6.07 Å². The summed E-state index contributed by atoms with van der Waals surface area (Å²) in [5.41, 5.74) is 2.29. The normalized spacial score (nSPS) is 10.5. The fourth-order valence-electron chi connectivity index (χ4n) is 1.76. The molecule has 0 atom stereocenters. The third kappa shape index (κ3) is 3.66. The van der Waals surface area contributed by atoms with Gasteiger partial charge in [0.1, 0.15) is 0 Å². The molecule has 0 amide bonds. The van der Waals surface area contributed by atoms with Crippen molar-refractivity contribution in [2.45, 2.75) is 10.6 Å². The molecule has 0 radical (unpaired) electrons. The number of hydrogen-bond acceptors (Lipinski definition) is 3. The van der Waals surface area contributed by atoms with Gasteiger partial charge in [0, 0.05) is 17.7 Å². The number of hydroxylamine groups is 1. The van der Waals surface area contributed by atoms with E-state index >= 15 is 0 Å². The molecule has 19 heavy (non-hydrogen) atoms. The molecule has 0 aliphatic carbocycles. The number of rotatable bonds is 5. The maximum Gasteiger partial charge on any atom is 0.0673 e. The fourth-order valence-corrected chi connectivity index (χ4v) is 2.99. The predicted molar refractivity (Wildman–Crippen MR) is 82.9 cm³/mol. The molecule has 0 bridgehead atoms. The largest absolute Gasteiger partial charge is 0.277 e. The number of anilines is 1. The minimum atomic E-state index is 0.796. The molecular weight excluding hydrogens is 278 g/mol. The zero-order chi connectivity index (χ0) is 13.7.